The summed E-state index contributed by atoms with van der Waals surface area (Å²) < 4.78 is 4.50. The third-order valence-electron chi connectivity index (χ3n) is 4.02. The molecule has 0 radical (unpaired) electrons. The zero-order valence-corrected chi connectivity index (χ0v) is 15.4. The van der Waals surface area contributed by atoms with Crippen LogP contribution in [0.3, 0.4) is 0 Å². The summed E-state index contributed by atoms with van der Waals surface area (Å²) >= 11 is 0.727. The molecule has 0 saturated carbocycles. The highest BCUT2D eigenvalue weighted by atomic mass is 32.2. The van der Waals surface area contributed by atoms with Crippen molar-refractivity contribution >= 4 is 35.0 Å². The Kier molecular flexibility index (Phi) is 5.61. The van der Waals surface area contributed by atoms with Crippen LogP contribution in [0, 0.1) is 0 Å². The van der Waals surface area contributed by atoms with Crippen LogP contribution in [0.5, 0.6) is 5.75 Å². The smallest absolute Gasteiger partial charge is 0.325 e. The van der Waals surface area contributed by atoms with Gasteiger partial charge in [0.15, 0.2) is 0 Å². The molecule has 2 aromatic rings. The van der Waals surface area contributed by atoms with E-state index in [2.05, 4.69) is 4.74 Å². The fourth-order valence-electron chi connectivity index (χ4n) is 2.63. The third-order valence-corrected chi connectivity index (χ3v) is 4.93. The Labute approximate surface area is 160 Å². The summed E-state index contributed by atoms with van der Waals surface area (Å²) in [6.45, 7) is -0.432. The molecule has 2 amide bonds. The molecule has 6 nitrogen and oxygen atoms in total. The van der Waals surface area contributed by atoms with Crippen molar-refractivity contribution in [2.24, 2.45) is 0 Å². The summed E-state index contributed by atoms with van der Waals surface area (Å²) in [6, 6.07) is 15.0. The lowest BCUT2D eigenvalue weighted by Gasteiger charge is -2.10. The number of methoxy groups -OCH3 is 1. The number of hydrogen-bond acceptors (Lipinski definition) is 6. The van der Waals surface area contributed by atoms with Crippen molar-refractivity contribution in [1.29, 1.82) is 0 Å². The number of imide groups is 1. The zero-order chi connectivity index (χ0) is 19.4. The lowest BCUT2D eigenvalue weighted by Crippen LogP contribution is -2.34. The van der Waals surface area contributed by atoms with Gasteiger partial charge >= 0.3 is 5.97 Å². The summed E-state index contributed by atoms with van der Waals surface area (Å²) in [7, 11) is 1.19. The maximum absolute atomic E-state index is 12.4. The molecule has 3 rings (SSSR count). The molecule has 1 aliphatic rings. The highest BCUT2D eigenvalue weighted by molar-refractivity contribution is 8.18. The number of esters is 1. The molecule has 1 N–H and O–H groups in total. The number of aromatic hydroxyl groups is 1. The lowest BCUT2D eigenvalue weighted by atomic mass is 10.0. The number of carbonyl (C=O) groups is 3. The zero-order valence-electron chi connectivity index (χ0n) is 14.5. The largest absolute Gasteiger partial charge is 0.507 e. The Morgan fingerprint density at radius 2 is 1.89 bits per heavy atom. The van der Waals surface area contributed by atoms with Crippen LogP contribution in [0.15, 0.2) is 53.4 Å². The molecule has 0 bridgehead atoms. The first kappa shape index (κ1) is 18.7. The lowest BCUT2D eigenvalue weighted by molar-refractivity contribution is -0.143. The molecule has 1 aliphatic heterocycles. The maximum Gasteiger partial charge on any atom is 0.325 e. The Morgan fingerprint density at radius 3 is 2.59 bits per heavy atom. The van der Waals surface area contributed by atoms with Crippen LogP contribution in [0.2, 0.25) is 0 Å². The average molecular weight is 383 g/mol. The minimum Gasteiger partial charge on any atom is -0.507 e. The fourth-order valence-corrected chi connectivity index (χ4v) is 3.46. The van der Waals surface area contributed by atoms with E-state index in [-0.39, 0.29) is 10.7 Å². The van der Waals surface area contributed by atoms with Crippen molar-refractivity contribution in [3.63, 3.8) is 0 Å². The van der Waals surface area contributed by atoms with Gasteiger partial charge in [-0.05, 0) is 47.5 Å². The van der Waals surface area contributed by atoms with Crippen LogP contribution >= 0.6 is 11.8 Å². The molecule has 7 heteroatoms. The van der Waals surface area contributed by atoms with E-state index in [0.717, 1.165) is 27.8 Å². The fraction of sp³-hybridized carbons (Fsp3) is 0.150. The second-order valence-corrected chi connectivity index (χ2v) is 6.89. The first-order chi connectivity index (χ1) is 13.0. The van der Waals surface area contributed by atoms with Crippen LogP contribution in [-0.4, -0.2) is 40.8 Å². The predicted octanol–water partition coefficient (Wildman–Crippen LogP) is 3.19. The van der Waals surface area contributed by atoms with Gasteiger partial charge < -0.3 is 9.84 Å². The van der Waals surface area contributed by atoms with Crippen molar-refractivity contribution in [3.8, 4) is 5.75 Å². The van der Waals surface area contributed by atoms with Gasteiger partial charge in [0.25, 0.3) is 11.1 Å². The van der Waals surface area contributed by atoms with Gasteiger partial charge in [-0.25, -0.2) is 0 Å². The van der Waals surface area contributed by atoms with E-state index in [1.807, 2.05) is 36.4 Å². The van der Waals surface area contributed by atoms with Crippen molar-refractivity contribution in [2.75, 3.05) is 13.7 Å². The van der Waals surface area contributed by atoms with Gasteiger partial charge in [-0.15, -0.1) is 0 Å². The number of phenols is 1. The first-order valence-corrected chi connectivity index (χ1v) is 8.97. The Hall–Kier alpha value is -3.06. The highest BCUT2D eigenvalue weighted by Gasteiger charge is 2.36. The number of phenolic OH excluding ortho intramolecular Hbond substituents is 1. The molecule has 2 aromatic carbocycles. The standard InChI is InChI=1S/C20H17NO5S/c1-26-18(23)12-21-19(24)17(27-20(21)25)11-15-10-14(7-8-16(15)22)9-13-5-3-2-4-6-13/h2-8,10-11,22H,9,12H2,1H3/b17-11-. The molecule has 0 aliphatic carbocycles. The summed E-state index contributed by atoms with van der Waals surface area (Å²) in [5, 5.41) is 9.58. The molecular formula is C20H17NO5S. The van der Waals surface area contributed by atoms with Crippen molar-refractivity contribution in [2.45, 2.75) is 6.42 Å². The van der Waals surface area contributed by atoms with Crippen molar-refractivity contribution < 1.29 is 24.2 Å². The van der Waals surface area contributed by atoms with Gasteiger partial charge in [0.2, 0.25) is 0 Å². The van der Waals surface area contributed by atoms with Gasteiger partial charge in [0, 0.05) is 5.56 Å². The van der Waals surface area contributed by atoms with Crippen LogP contribution in [-0.2, 0) is 20.7 Å². The quantitative estimate of drug-likeness (QED) is 0.631. The maximum atomic E-state index is 12.4. The van der Waals surface area contributed by atoms with Gasteiger partial charge in [-0.1, -0.05) is 36.4 Å². The minimum absolute atomic E-state index is 0.00609. The second kappa shape index (κ2) is 8.09. The van der Waals surface area contributed by atoms with Crippen LogP contribution < -0.4 is 0 Å². The number of carbonyl (C=O) groups excluding carboxylic acids is 3. The monoisotopic (exact) mass is 383 g/mol. The average Bonchev–Trinajstić information content (AvgIpc) is 2.92. The molecule has 0 atom stereocenters. The SMILES string of the molecule is COC(=O)CN1C(=O)S/C(=C\c2cc(Cc3ccccc3)ccc2O)C1=O. The normalized spacial score (nSPS) is 15.4. The van der Waals surface area contributed by atoms with Gasteiger partial charge in [0.05, 0.1) is 12.0 Å². The van der Waals surface area contributed by atoms with E-state index in [1.165, 1.54) is 13.2 Å². The van der Waals surface area contributed by atoms with Gasteiger partial charge in [-0.2, -0.15) is 0 Å². The number of rotatable bonds is 5. The minimum atomic E-state index is -0.675. The summed E-state index contributed by atoms with van der Waals surface area (Å²) in [4.78, 5) is 36.7. The predicted molar refractivity (Wildman–Crippen MR) is 102 cm³/mol. The highest BCUT2D eigenvalue weighted by Crippen LogP contribution is 2.34. The number of ether oxygens (including phenoxy) is 1. The molecule has 1 saturated heterocycles. The van der Waals surface area contributed by atoms with Crippen LogP contribution in [0.1, 0.15) is 16.7 Å². The molecule has 1 fully saturated rings. The number of amides is 2. The molecule has 0 aromatic heterocycles. The summed E-state index contributed by atoms with van der Waals surface area (Å²) in [6.07, 6.45) is 2.14. The second-order valence-electron chi connectivity index (χ2n) is 5.90. The van der Waals surface area contributed by atoms with E-state index in [1.54, 1.807) is 12.1 Å². The summed E-state index contributed by atoms with van der Waals surface area (Å²) in [5.41, 5.74) is 2.51. The molecule has 1 heterocycles. The number of nitrogens with zero attached hydrogens (tertiary/aromatic N) is 1. The molecule has 0 spiro atoms. The number of benzene rings is 2. The van der Waals surface area contributed by atoms with Gasteiger partial charge in [0.1, 0.15) is 12.3 Å². The molecule has 27 heavy (non-hydrogen) atoms. The topological polar surface area (TPSA) is 83.9 Å². The van der Waals surface area contributed by atoms with Crippen LogP contribution in [0.25, 0.3) is 6.08 Å². The summed E-state index contributed by atoms with van der Waals surface area (Å²) in [5.74, 6) is -1.25. The van der Waals surface area contributed by atoms with Crippen molar-refractivity contribution in [1.82, 2.24) is 4.90 Å². The van der Waals surface area contributed by atoms with E-state index >= 15 is 0 Å². The third kappa shape index (κ3) is 4.38. The van der Waals surface area contributed by atoms with E-state index in [4.69, 9.17) is 0 Å². The molecule has 138 valence electrons. The Bertz CT molecular complexity index is 923. The Morgan fingerprint density at radius 1 is 1.15 bits per heavy atom. The Balaban J connectivity index is 1.84. The number of thioether (sulfide) groups is 1. The van der Waals surface area contributed by atoms with Crippen LogP contribution in [0.4, 0.5) is 4.79 Å². The van der Waals surface area contributed by atoms with E-state index in [0.29, 0.717) is 12.0 Å². The van der Waals surface area contributed by atoms with Crippen molar-refractivity contribution in [3.05, 3.63) is 70.1 Å². The first-order valence-electron chi connectivity index (χ1n) is 8.16. The molecular weight excluding hydrogens is 366 g/mol. The molecule has 0 unspecified atom stereocenters. The van der Waals surface area contributed by atoms with E-state index in [9.17, 15) is 19.5 Å². The van der Waals surface area contributed by atoms with E-state index < -0.39 is 23.7 Å². The number of hydrogen-bond donors (Lipinski definition) is 1. The van der Waals surface area contributed by atoms with Gasteiger partial charge in [-0.3, -0.25) is 19.3 Å².